The maximum Gasteiger partial charge on any atom is 0.262 e. The Morgan fingerprint density at radius 2 is 2.04 bits per heavy atom. The largest absolute Gasteiger partial charge is 0.366 e. The Morgan fingerprint density at radius 3 is 2.62 bits per heavy atom. The van der Waals surface area contributed by atoms with E-state index < -0.39 is 10.0 Å². The van der Waals surface area contributed by atoms with Crippen LogP contribution in [0, 0.1) is 0 Å². The number of piperidine rings is 1. The molecule has 2 aromatic heterocycles. The number of nitrogens with one attached hydrogen (secondary N) is 1. The maximum atomic E-state index is 12.7. The molecule has 2 aromatic rings. The topological polar surface area (TPSA) is 93.0 Å². The summed E-state index contributed by atoms with van der Waals surface area (Å²) in [7, 11) is -3.53. The first-order valence-electron chi connectivity index (χ1n) is 8.04. The van der Waals surface area contributed by atoms with Crippen molar-refractivity contribution >= 4 is 15.8 Å². The average Bonchev–Trinajstić information content (AvgIpc) is 3.07. The van der Waals surface area contributed by atoms with E-state index in [9.17, 15) is 8.42 Å². The Balaban J connectivity index is 1.62. The van der Waals surface area contributed by atoms with Crippen LogP contribution in [0.3, 0.4) is 0 Å². The van der Waals surface area contributed by atoms with Crippen molar-refractivity contribution in [2.75, 3.05) is 18.4 Å². The van der Waals surface area contributed by atoms with Gasteiger partial charge >= 0.3 is 0 Å². The summed E-state index contributed by atoms with van der Waals surface area (Å²) in [6.45, 7) is 4.91. The first kappa shape index (κ1) is 16.8. The highest BCUT2D eigenvalue weighted by atomic mass is 32.2. The minimum atomic E-state index is -3.53. The van der Waals surface area contributed by atoms with Gasteiger partial charge in [0, 0.05) is 37.6 Å². The number of aromatic nitrogens is 4. The number of imidazole rings is 1. The zero-order chi connectivity index (χ0) is 17.2. The Labute approximate surface area is 142 Å². The van der Waals surface area contributed by atoms with E-state index in [4.69, 9.17) is 0 Å². The van der Waals surface area contributed by atoms with Crippen molar-refractivity contribution in [2.24, 2.45) is 0 Å². The second kappa shape index (κ2) is 6.86. The third-order valence-corrected chi connectivity index (χ3v) is 5.94. The lowest BCUT2D eigenvalue weighted by Gasteiger charge is -2.31. The van der Waals surface area contributed by atoms with Gasteiger partial charge in [-0.3, -0.25) is 0 Å². The molecular formula is C15H22N6O2S. The second-order valence-electron chi connectivity index (χ2n) is 6.18. The lowest BCUT2D eigenvalue weighted by Crippen LogP contribution is -2.42. The van der Waals surface area contributed by atoms with Gasteiger partial charge in [0.2, 0.25) is 0 Å². The summed E-state index contributed by atoms with van der Waals surface area (Å²) < 4.78 is 28.7. The van der Waals surface area contributed by atoms with Crippen LogP contribution in [0.2, 0.25) is 0 Å². The van der Waals surface area contributed by atoms with Crippen LogP contribution < -0.4 is 5.32 Å². The predicted molar refractivity (Wildman–Crippen MR) is 90.0 cm³/mol. The third-order valence-electron chi connectivity index (χ3n) is 4.16. The van der Waals surface area contributed by atoms with Crippen molar-refractivity contribution < 1.29 is 8.42 Å². The number of anilines is 1. The maximum absolute atomic E-state index is 12.7. The minimum absolute atomic E-state index is 0.122. The summed E-state index contributed by atoms with van der Waals surface area (Å²) in [5.41, 5.74) is 0. The van der Waals surface area contributed by atoms with Crippen LogP contribution in [0.15, 0.2) is 35.9 Å². The molecule has 3 heterocycles. The fourth-order valence-corrected chi connectivity index (χ4v) is 4.09. The van der Waals surface area contributed by atoms with Crippen molar-refractivity contribution in [1.29, 1.82) is 0 Å². The molecule has 0 saturated carbocycles. The quantitative estimate of drug-likeness (QED) is 0.879. The van der Waals surface area contributed by atoms with Crippen LogP contribution in [0.5, 0.6) is 0 Å². The van der Waals surface area contributed by atoms with Crippen LogP contribution >= 0.6 is 0 Å². The van der Waals surface area contributed by atoms with E-state index in [1.807, 2.05) is 26.0 Å². The van der Waals surface area contributed by atoms with Crippen molar-refractivity contribution in [2.45, 2.75) is 43.8 Å². The Kier molecular flexibility index (Phi) is 4.81. The monoisotopic (exact) mass is 350 g/mol. The SMILES string of the molecule is CC(C)n1cnc(S(=O)(=O)N2CCC(Nc3cccnn3)CC2)c1. The molecular weight excluding hydrogens is 328 g/mol. The number of hydrogen-bond donors (Lipinski definition) is 1. The van der Waals surface area contributed by atoms with Crippen LogP contribution in [-0.4, -0.2) is 51.6 Å². The van der Waals surface area contributed by atoms with Crippen molar-refractivity contribution in [1.82, 2.24) is 24.1 Å². The molecule has 0 amide bonds. The molecule has 1 N–H and O–H groups in total. The molecule has 0 unspecified atom stereocenters. The van der Waals surface area contributed by atoms with Crippen LogP contribution in [0.4, 0.5) is 5.82 Å². The summed E-state index contributed by atoms with van der Waals surface area (Å²) in [6.07, 6.45) is 6.24. The summed E-state index contributed by atoms with van der Waals surface area (Å²) in [4.78, 5) is 4.07. The summed E-state index contributed by atoms with van der Waals surface area (Å²) in [5, 5.41) is 11.3. The van der Waals surface area contributed by atoms with Crippen molar-refractivity contribution in [3.8, 4) is 0 Å². The first-order valence-corrected chi connectivity index (χ1v) is 9.48. The number of rotatable bonds is 5. The Hall–Kier alpha value is -2.00. The lowest BCUT2D eigenvalue weighted by atomic mass is 10.1. The molecule has 1 aliphatic heterocycles. The van der Waals surface area contributed by atoms with Gasteiger partial charge in [0.25, 0.3) is 10.0 Å². The molecule has 0 radical (unpaired) electrons. The van der Waals surface area contributed by atoms with E-state index in [0.29, 0.717) is 13.1 Å². The second-order valence-corrected chi connectivity index (χ2v) is 8.07. The Morgan fingerprint density at radius 1 is 1.29 bits per heavy atom. The fraction of sp³-hybridized carbons (Fsp3) is 0.533. The minimum Gasteiger partial charge on any atom is -0.366 e. The number of hydrogen-bond acceptors (Lipinski definition) is 6. The normalized spacial score (nSPS) is 17.3. The summed E-state index contributed by atoms with van der Waals surface area (Å²) in [6, 6.07) is 4.05. The molecule has 0 aliphatic carbocycles. The molecule has 0 aromatic carbocycles. The molecule has 0 bridgehead atoms. The van der Waals surface area contributed by atoms with Gasteiger partial charge in [-0.25, -0.2) is 13.4 Å². The van der Waals surface area contributed by atoms with Gasteiger partial charge in [0.15, 0.2) is 5.03 Å². The molecule has 9 heteroatoms. The smallest absolute Gasteiger partial charge is 0.262 e. The van der Waals surface area contributed by atoms with Gasteiger partial charge in [-0.15, -0.1) is 5.10 Å². The van der Waals surface area contributed by atoms with Gasteiger partial charge < -0.3 is 9.88 Å². The molecule has 1 aliphatic rings. The molecule has 24 heavy (non-hydrogen) atoms. The molecule has 0 atom stereocenters. The van der Waals surface area contributed by atoms with Crippen molar-refractivity contribution in [3.05, 3.63) is 30.9 Å². The third kappa shape index (κ3) is 3.57. The Bertz CT molecular complexity index is 766. The molecule has 1 saturated heterocycles. The van der Waals surface area contributed by atoms with E-state index >= 15 is 0 Å². The van der Waals surface area contributed by atoms with E-state index in [-0.39, 0.29) is 17.1 Å². The number of nitrogens with zero attached hydrogens (tertiary/aromatic N) is 5. The average molecular weight is 350 g/mol. The summed E-state index contributed by atoms with van der Waals surface area (Å²) in [5.74, 6) is 0.717. The fourth-order valence-electron chi connectivity index (χ4n) is 2.69. The molecule has 3 rings (SSSR count). The highest BCUT2D eigenvalue weighted by Gasteiger charge is 2.31. The lowest BCUT2D eigenvalue weighted by molar-refractivity contribution is 0.328. The summed E-state index contributed by atoms with van der Waals surface area (Å²) >= 11 is 0. The first-order chi connectivity index (χ1) is 11.5. The van der Waals surface area contributed by atoms with E-state index in [1.165, 1.54) is 4.31 Å². The van der Waals surface area contributed by atoms with Crippen LogP contribution in [-0.2, 0) is 10.0 Å². The predicted octanol–water partition coefficient (Wildman–Crippen LogP) is 1.52. The highest BCUT2D eigenvalue weighted by Crippen LogP contribution is 2.21. The van der Waals surface area contributed by atoms with E-state index in [1.54, 1.807) is 23.3 Å². The highest BCUT2D eigenvalue weighted by molar-refractivity contribution is 7.89. The molecule has 0 spiro atoms. The molecule has 8 nitrogen and oxygen atoms in total. The van der Waals surface area contributed by atoms with Gasteiger partial charge in [-0.1, -0.05) is 0 Å². The van der Waals surface area contributed by atoms with Gasteiger partial charge in [-0.2, -0.15) is 9.40 Å². The van der Waals surface area contributed by atoms with Crippen LogP contribution in [0.1, 0.15) is 32.7 Å². The zero-order valence-corrected chi connectivity index (χ0v) is 14.6. The number of sulfonamides is 1. The molecule has 130 valence electrons. The zero-order valence-electron chi connectivity index (χ0n) is 13.8. The van der Waals surface area contributed by atoms with E-state index in [0.717, 1.165) is 18.7 Å². The van der Waals surface area contributed by atoms with Gasteiger partial charge in [0.05, 0.1) is 6.33 Å². The van der Waals surface area contributed by atoms with Crippen molar-refractivity contribution in [3.63, 3.8) is 0 Å². The molecule has 1 fully saturated rings. The van der Waals surface area contributed by atoms with Gasteiger partial charge in [0.1, 0.15) is 5.82 Å². The van der Waals surface area contributed by atoms with E-state index in [2.05, 4.69) is 20.5 Å². The van der Waals surface area contributed by atoms with Crippen LogP contribution in [0.25, 0.3) is 0 Å². The van der Waals surface area contributed by atoms with Gasteiger partial charge in [-0.05, 0) is 38.8 Å². The standard InChI is InChI=1S/C15H22N6O2S/c1-12(2)20-10-15(16-11-20)24(22,23)21-8-5-13(6-9-21)18-14-4-3-7-17-19-14/h3-4,7,10-13H,5-6,8-9H2,1-2H3,(H,18,19).